The van der Waals surface area contributed by atoms with Crippen LogP contribution >= 0.6 is 0 Å². The Morgan fingerprint density at radius 3 is 2.55 bits per heavy atom. The van der Waals surface area contributed by atoms with Gasteiger partial charge < -0.3 is 9.88 Å². The second-order valence-corrected chi connectivity index (χ2v) is 6.75. The standard InChI is InChI=1S/C14H19N3O2S/c1-20(18,19)14-6-4-13(5-7-14)16-8-2-3-10-17-11-9-15-12-17/h4-7,9,11-12,16H,2-3,8,10H2,1H3. The van der Waals surface area contributed by atoms with E-state index in [0.717, 1.165) is 31.6 Å². The first-order chi connectivity index (χ1) is 9.55. The number of rotatable bonds is 7. The van der Waals surface area contributed by atoms with Crippen LogP contribution in [0, 0.1) is 0 Å². The van der Waals surface area contributed by atoms with Crippen molar-refractivity contribution in [3.05, 3.63) is 43.0 Å². The fourth-order valence-corrected chi connectivity index (χ4v) is 2.52. The van der Waals surface area contributed by atoms with Gasteiger partial charge in [0.05, 0.1) is 11.2 Å². The summed E-state index contributed by atoms with van der Waals surface area (Å²) in [7, 11) is -3.11. The molecule has 0 bridgehead atoms. The normalized spacial score (nSPS) is 11.4. The van der Waals surface area contributed by atoms with Crippen LogP contribution in [0.5, 0.6) is 0 Å². The van der Waals surface area contributed by atoms with Crippen LogP contribution in [0.2, 0.25) is 0 Å². The third-order valence-electron chi connectivity index (χ3n) is 3.01. The zero-order valence-electron chi connectivity index (χ0n) is 11.5. The van der Waals surface area contributed by atoms with Crippen molar-refractivity contribution in [2.24, 2.45) is 0 Å². The summed E-state index contributed by atoms with van der Waals surface area (Å²) >= 11 is 0. The Kier molecular flexibility index (Phi) is 4.79. The fraction of sp³-hybridized carbons (Fsp3) is 0.357. The van der Waals surface area contributed by atoms with Crippen LogP contribution < -0.4 is 5.32 Å². The Hall–Kier alpha value is -1.82. The molecule has 0 fully saturated rings. The number of benzene rings is 1. The smallest absolute Gasteiger partial charge is 0.175 e. The Morgan fingerprint density at radius 2 is 1.95 bits per heavy atom. The van der Waals surface area contributed by atoms with Gasteiger partial charge in [0.1, 0.15) is 0 Å². The summed E-state index contributed by atoms with van der Waals surface area (Å²) < 4.78 is 24.7. The van der Waals surface area contributed by atoms with E-state index < -0.39 is 9.84 Å². The second-order valence-electron chi connectivity index (χ2n) is 4.73. The van der Waals surface area contributed by atoms with E-state index in [1.165, 1.54) is 6.26 Å². The monoisotopic (exact) mass is 293 g/mol. The Morgan fingerprint density at radius 1 is 1.20 bits per heavy atom. The summed E-state index contributed by atoms with van der Waals surface area (Å²) in [6, 6.07) is 6.85. The summed E-state index contributed by atoms with van der Waals surface area (Å²) in [5.41, 5.74) is 0.944. The number of nitrogens with zero attached hydrogens (tertiary/aromatic N) is 2. The molecule has 1 aromatic heterocycles. The van der Waals surface area contributed by atoms with Crippen LogP contribution in [0.3, 0.4) is 0 Å². The fourth-order valence-electron chi connectivity index (χ4n) is 1.89. The van der Waals surface area contributed by atoms with Gasteiger partial charge in [0.15, 0.2) is 9.84 Å². The molecule has 5 nitrogen and oxygen atoms in total. The minimum absolute atomic E-state index is 0.350. The van der Waals surface area contributed by atoms with Crippen molar-refractivity contribution in [2.75, 3.05) is 18.1 Å². The largest absolute Gasteiger partial charge is 0.385 e. The summed E-state index contributed by atoms with van der Waals surface area (Å²) in [4.78, 5) is 4.35. The molecule has 0 radical (unpaired) electrons. The maximum atomic E-state index is 11.3. The highest BCUT2D eigenvalue weighted by Gasteiger charge is 2.05. The molecule has 2 aromatic rings. The number of anilines is 1. The molecule has 2 rings (SSSR count). The quantitative estimate of drug-likeness (QED) is 0.795. The maximum Gasteiger partial charge on any atom is 0.175 e. The van der Waals surface area contributed by atoms with Gasteiger partial charge in [-0.1, -0.05) is 0 Å². The topological polar surface area (TPSA) is 64.0 Å². The van der Waals surface area contributed by atoms with Crippen LogP contribution in [0.1, 0.15) is 12.8 Å². The second kappa shape index (κ2) is 6.56. The van der Waals surface area contributed by atoms with Gasteiger partial charge in [-0.3, -0.25) is 0 Å². The van der Waals surface area contributed by atoms with Crippen molar-refractivity contribution >= 4 is 15.5 Å². The van der Waals surface area contributed by atoms with Crippen molar-refractivity contribution in [1.82, 2.24) is 9.55 Å². The predicted molar refractivity (Wildman–Crippen MR) is 79.5 cm³/mol. The van der Waals surface area contributed by atoms with Crippen molar-refractivity contribution in [1.29, 1.82) is 0 Å². The lowest BCUT2D eigenvalue weighted by Gasteiger charge is -2.07. The highest BCUT2D eigenvalue weighted by molar-refractivity contribution is 7.90. The van der Waals surface area contributed by atoms with E-state index in [1.807, 2.05) is 12.5 Å². The molecule has 1 N–H and O–H groups in total. The SMILES string of the molecule is CS(=O)(=O)c1ccc(NCCCCn2ccnc2)cc1. The zero-order chi connectivity index (χ0) is 14.4. The van der Waals surface area contributed by atoms with Crippen molar-refractivity contribution < 1.29 is 8.42 Å². The van der Waals surface area contributed by atoms with Gasteiger partial charge in [0.2, 0.25) is 0 Å². The summed E-state index contributed by atoms with van der Waals surface area (Å²) in [5, 5.41) is 3.28. The first kappa shape index (κ1) is 14.6. The summed E-state index contributed by atoms with van der Waals surface area (Å²) in [6.45, 7) is 1.83. The molecule has 0 spiro atoms. The molecule has 0 aliphatic heterocycles. The average molecular weight is 293 g/mol. The highest BCUT2D eigenvalue weighted by Crippen LogP contribution is 2.13. The van der Waals surface area contributed by atoms with Gasteiger partial charge >= 0.3 is 0 Å². The number of hydrogen-bond donors (Lipinski definition) is 1. The molecule has 0 saturated carbocycles. The van der Waals surface area contributed by atoms with Gasteiger partial charge in [-0.05, 0) is 37.1 Å². The molecule has 1 aromatic carbocycles. The molecular weight excluding hydrogens is 274 g/mol. The van der Waals surface area contributed by atoms with Gasteiger partial charge in [0.25, 0.3) is 0 Å². The van der Waals surface area contributed by atoms with Gasteiger partial charge in [-0.2, -0.15) is 0 Å². The number of aromatic nitrogens is 2. The first-order valence-corrected chi connectivity index (χ1v) is 8.44. The Balaban J connectivity index is 1.72. The molecule has 6 heteroatoms. The maximum absolute atomic E-state index is 11.3. The number of aryl methyl sites for hydroxylation is 1. The van der Waals surface area contributed by atoms with Crippen LogP contribution in [0.15, 0.2) is 47.9 Å². The Bertz CT molecular complexity index is 619. The lowest BCUT2D eigenvalue weighted by molar-refractivity contribution is 0.602. The molecule has 0 unspecified atom stereocenters. The lowest BCUT2D eigenvalue weighted by Crippen LogP contribution is -2.04. The molecule has 0 atom stereocenters. The lowest BCUT2D eigenvalue weighted by atomic mass is 10.3. The predicted octanol–water partition coefficient (Wildman–Crippen LogP) is 2.18. The van der Waals surface area contributed by atoms with Crippen LogP contribution in [0.25, 0.3) is 0 Å². The Labute approximate surface area is 119 Å². The van der Waals surface area contributed by atoms with Crippen LogP contribution in [0.4, 0.5) is 5.69 Å². The van der Waals surface area contributed by atoms with E-state index in [1.54, 1.807) is 30.5 Å². The first-order valence-electron chi connectivity index (χ1n) is 6.55. The molecule has 1 heterocycles. The zero-order valence-corrected chi connectivity index (χ0v) is 12.3. The molecule has 108 valence electrons. The average Bonchev–Trinajstić information content (AvgIpc) is 2.91. The molecule has 0 aliphatic rings. The molecule has 20 heavy (non-hydrogen) atoms. The number of sulfone groups is 1. The van der Waals surface area contributed by atoms with Crippen molar-refractivity contribution in [3.8, 4) is 0 Å². The van der Waals surface area contributed by atoms with Gasteiger partial charge in [-0.25, -0.2) is 13.4 Å². The highest BCUT2D eigenvalue weighted by atomic mass is 32.2. The number of hydrogen-bond acceptors (Lipinski definition) is 4. The molecule has 0 aliphatic carbocycles. The van der Waals surface area contributed by atoms with Crippen LogP contribution in [-0.4, -0.2) is 30.8 Å². The van der Waals surface area contributed by atoms with Crippen molar-refractivity contribution in [2.45, 2.75) is 24.3 Å². The third-order valence-corrected chi connectivity index (χ3v) is 4.14. The molecular formula is C14H19N3O2S. The van der Waals surface area contributed by atoms with E-state index in [2.05, 4.69) is 14.9 Å². The van der Waals surface area contributed by atoms with E-state index in [-0.39, 0.29) is 0 Å². The summed E-state index contributed by atoms with van der Waals surface area (Å²) in [5.74, 6) is 0. The van der Waals surface area contributed by atoms with Gasteiger partial charge in [0, 0.05) is 37.4 Å². The minimum atomic E-state index is -3.11. The summed E-state index contributed by atoms with van der Waals surface area (Å²) in [6.07, 6.45) is 8.89. The molecule has 0 amide bonds. The molecule has 0 saturated heterocycles. The van der Waals surface area contributed by atoms with Gasteiger partial charge in [-0.15, -0.1) is 0 Å². The number of nitrogens with one attached hydrogen (secondary N) is 1. The number of imidazole rings is 1. The van der Waals surface area contributed by atoms with E-state index >= 15 is 0 Å². The third kappa shape index (κ3) is 4.38. The minimum Gasteiger partial charge on any atom is -0.385 e. The van der Waals surface area contributed by atoms with Crippen molar-refractivity contribution in [3.63, 3.8) is 0 Å². The van der Waals surface area contributed by atoms with E-state index in [4.69, 9.17) is 0 Å². The van der Waals surface area contributed by atoms with E-state index in [9.17, 15) is 8.42 Å². The number of unbranched alkanes of at least 4 members (excludes halogenated alkanes) is 1. The van der Waals surface area contributed by atoms with Crippen LogP contribution in [-0.2, 0) is 16.4 Å². The van der Waals surface area contributed by atoms with E-state index in [0.29, 0.717) is 4.90 Å².